The molecule has 1 amide bonds. The smallest absolute Gasteiger partial charge is 0.242 e. The summed E-state index contributed by atoms with van der Waals surface area (Å²) < 4.78 is 1.79. The number of aromatic nitrogens is 4. The van der Waals surface area contributed by atoms with Crippen molar-refractivity contribution in [1.82, 2.24) is 24.6 Å². The maximum Gasteiger partial charge on any atom is 0.242 e. The lowest BCUT2D eigenvalue weighted by atomic mass is 10.2. The minimum absolute atomic E-state index is 0.0680. The molecule has 0 spiro atoms. The van der Waals surface area contributed by atoms with Crippen LogP contribution in [0.25, 0.3) is 16.7 Å². The number of para-hydroxylation sites is 1. The number of carbonyl (C=O) groups is 1. The highest BCUT2D eigenvalue weighted by atomic mass is 35.5. The summed E-state index contributed by atoms with van der Waals surface area (Å²) in [4.78, 5) is 25.6. The summed E-state index contributed by atoms with van der Waals surface area (Å²) >= 11 is 5.95. The van der Waals surface area contributed by atoms with Crippen molar-refractivity contribution in [3.63, 3.8) is 0 Å². The monoisotopic (exact) mass is 418 g/mol. The molecule has 0 radical (unpaired) electrons. The molecule has 8 heteroatoms. The molecule has 1 fully saturated rings. The number of rotatable bonds is 4. The van der Waals surface area contributed by atoms with Crippen LogP contribution >= 0.6 is 11.6 Å². The van der Waals surface area contributed by atoms with Crippen LogP contribution in [-0.2, 0) is 11.3 Å². The van der Waals surface area contributed by atoms with E-state index in [1.807, 2.05) is 64.4 Å². The van der Waals surface area contributed by atoms with Gasteiger partial charge in [0, 0.05) is 24.7 Å². The highest BCUT2D eigenvalue weighted by Crippen LogP contribution is 2.26. The largest absolute Gasteiger partial charge is 0.345 e. The zero-order valence-corrected chi connectivity index (χ0v) is 16.9. The number of nitrogens with zero attached hydrogens (tertiary/aromatic N) is 6. The van der Waals surface area contributed by atoms with Crippen LogP contribution in [0.15, 0.2) is 67.1 Å². The lowest BCUT2D eigenvalue weighted by Gasteiger charge is -2.35. The van der Waals surface area contributed by atoms with E-state index in [0.717, 1.165) is 28.1 Å². The number of piperazine rings is 1. The van der Waals surface area contributed by atoms with E-state index in [2.05, 4.69) is 15.1 Å². The van der Waals surface area contributed by atoms with Gasteiger partial charge in [-0.1, -0.05) is 41.9 Å². The van der Waals surface area contributed by atoms with Gasteiger partial charge in [0.1, 0.15) is 12.1 Å². The van der Waals surface area contributed by atoms with Crippen molar-refractivity contribution in [3.05, 3.63) is 77.7 Å². The van der Waals surface area contributed by atoms with Crippen LogP contribution in [0.1, 0.15) is 5.56 Å². The van der Waals surface area contributed by atoms with Crippen molar-refractivity contribution in [3.8, 4) is 5.69 Å². The van der Waals surface area contributed by atoms with Crippen molar-refractivity contribution in [2.24, 2.45) is 0 Å². The average molecular weight is 419 g/mol. The average Bonchev–Trinajstić information content (AvgIpc) is 3.21. The number of hydrogen-bond donors (Lipinski definition) is 0. The van der Waals surface area contributed by atoms with Gasteiger partial charge in [0.25, 0.3) is 0 Å². The molecule has 2 aromatic carbocycles. The Bertz CT molecular complexity index is 1190. The molecule has 0 aliphatic carbocycles. The van der Waals surface area contributed by atoms with Gasteiger partial charge in [0.15, 0.2) is 5.65 Å². The number of benzene rings is 2. The number of amides is 1. The Morgan fingerprint density at radius 3 is 2.53 bits per heavy atom. The van der Waals surface area contributed by atoms with Gasteiger partial charge in [-0.15, -0.1) is 0 Å². The van der Waals surface area contributed by atoms with Crippen molar-refractivity contribution < 1.29 is 4.79 Å². The molecule has 4 aromatic rings. The standard InChI is InChI=1S/C22H19ClN6O/c23-17-8-6-16(7-9-17)13-27-10-11-28(14-20(27)30)21-19-12-26-29(22(19)25-15-24-21)18-4-2-1-3-5-18/h1-9,12,15H,10-11,13-14H2. The first-order chi connectivity index (χ1) is 14.7. The predicted octanol–water partition coefficient (Wildman–Crippen LogP) is 3.32. The van der Waals surface area contributed by atoms with Crippen molar-refractivity contribution in [1.29, 1.82) is 0 Å². The van der Waals surface area contributed by atoms with Crippen LogP contribution in [0.2, 0.25) is 5.02 Å². The van der Waals surface area contributed by atoms with E-state index in [1.54, 1.807) is 10.9 Å². The molecule has 3 heterocycles. The molecule has 150 valence electrons. The van der Waals surface area contributed by atoms with Crippen LogP contribution in [-0.4, -0.2) is 50.2 Å². The predicted molar refractivity (Wildman–Crippen MR) is 116 cm³/mol. The van der Waals surface area contributed by atoms with E-state index in [1.165, 1.54) is 6.33 Å². The van der Waals surface area contributed by atoms with Crippen molar-refractivity contribution in [2.75, 3.05) is 24.5 Å². The van der Waals surface area contributed by atoms with Gasteiger partial charge in [-0.3, -0.25) is 4.79 Å². The molecule has 0 bridgehead atoms. The van der Waals surface area contributed by atoms with Gasteiger partial charge in [0.05, 0.1) is 23.8 Å². The van der Waals surface area contributed by atoms with Crippen LogP contribution in [0.3, 0.4) is 0 Å². The number of carbonyl (C=O) groups excluding carboxylic acids is 1. The van der Waals surface area contributed by atoms with E-state index in [0.29, 0.717) is 24.7 Å². The minimum Gasteiger partial charge on any atom is -0.345 e. The molecule has 0 unspecified atom stereocenters. The Labute approximate surface area is 178 Å². The third kappa shape index (κ3) is 3.48. The first-order valence-electron chi connectivity index (χ1n) is 9.70. The van der Waals surface area contributed by atoms with Gasteiger partial charge < -0.3 is 9.80 Å². The molecule has 5 rings (SSSR count). The molecule has 0 saturated carbocycles. The Balaban J connectivity index is 1.37. The second kappa shape index (κ2) is 7.76. The molecule has 30 heavy (non-hydrogen) atoms. The zero-order valence-electron chi connectivity index (χ0n) is 16.1. The fraction of sp³-hybridized carbons (Fsp3) is 0.182. The molecule has 1 saturated heterocycles. The van der Waals surface area contributed by atoms with Gasteiger partial charge in [0.2, 0.25) is 5.91 Å². The number of fused-ring (bicyclic) bond motifs is 1. The molecular formula is C22H19ClN6O. The van der Waals surface area contributed by atoms with Crippen LogP contribution < -0.4 is 4.90 Å². The summed E-state index contributed by atoms with van der Waals surface area (Å²) in [7, 11) is 0. The van der Waals surface area contributed by atoms with E-state index in [9.17, 15) is 4.79 Å². The maximum atomic E-state index is 12.8. The van der Waals surface area contributed by atoms with Crippen molar-refractivity contribution >= 4 is 34.4 Å². The van der Waals surface area contributed by atoms with Crippen LogP contribution in [0.4, 0.5) is 5.82 Å². The summed E-state index contributed by atoms with van der Waals surface area (Å²) in [5.74, 6) is 0.806. The Hall–Kier alpha value is -3.45. The number of anilines is 1. The fourth-order valence-corrected chi connectivity index (χ4v) is 3.83. The second-order valence-corrected chi connectivity index (χ2v) is 7.63. The summed E-state index contributed by atoms with van der Waals surface area (Å²) in [5.41, 5.74) is 2.72. The molecular weight excluding hydrogens is 400 g/mol. The van der Waals surface area contributed by atoms with Gasteiger partial charge in [-0.05, 0) is 29.8 Å². The normalized spacial score (nSPS) is 14.5. The molecule has 1 aliphatic rings. The molecule has 0 atom stereocenters. The Kier molecular flexibility index (Phi) is 4.80. The first-order valence-corrected chi connectivity index (χ1v) is 10.1. The van der Waals surface area contributed by atoms with E-state index in [4.69, 9.17) is 11.6 Å². The van der Waals surface area contributed by atoms with Gasteiger partial charge in [-0.25, -0.2) is 14.6 Å². The molecule has 1 aliphatic heterocycles. The Morgan fingerprint density at radius 2 is 1.77 bits per heavy atom. The van der Waals surface area contributed by atoms with Crippen molar-refractivity contribution in [2.45, 2.75) is 6.54 Å². The van der Waals surface area contributed by atoms with Gasteiger partial charge in [-0.2, -0.15) is 5.10 Å². The van der Waals surface area contributed by atoms with E-state index >= 15 is 0 Å². The van der Waals surface area contributed by atoms with E-state index < -0.39 is 0 Å². The minimum atomic E-state index is 0.0680. The highest BCUT2D eigenvalue weighted by Gasteiger charge is 2.26. The molecule has 0 N–H and O–H groups in total. The number of halogens is 1. The summed E-state index contributed by atoms with van der Waals surface area (Å²) in [6, 6.07) is 17.4. The second-order valence-electron chi connectivity index (χ2n) is 7.19. The third-order valence-electron chi connectivity index (χ3n) is 5.25. The lowest BCUT2D eigenvalue weighted by molar-refractivity contribution is -0.131. The highest BCUT2D eigenvalue weighted by molar-refractivity contribution is 6.30. The topological polar surface area (TPSA) is 67.2 Å². The van der Waals surface area contributed by atoms with Crippen LogP contribution in [0.5, 0.6) is 0 Å². The lowest BCUT2D eigenvalue weighted by Crippen LogP contribution is -2.50. The van der Waals surface area contributed by atoms with E-state index in [-0.39, 0.29) is 12.5 Å². The first kappa shape index (κ1) is 18.6. The zero-order chi connectivity index (χ0) is 20.5. The van der Waals surface area contributed by atoms with Crippen LogP contribution in [0, 0.1) is 0 Å². The van der Waals surface area contributed by atoms with Gasteiger partial charge >= 0.3 is 0 Å². The summed E-state index contributed by atoms with van der Waals surface area (Å²) in [5, 5.41) is 6.03. The quantitative estimate of drug-likeness (QED) is 0.508. The molecule has 2 aromatic heterocycles. The third-order valence-corrected chi connectivity index (χ3v) is 5.50. The molecule has 7 nitrogen and oxygen atoms in total. The number of hydrogen-bond acceptors (Lipinski definition) is 5. The summed E-state index contributed by atoms with van der Waals surface area (Å²) in [6.45, 7) is 2.17. The summed E-state index contributed by atoms with van der Waals surface area (Å²) in [6.07, 6.45) is 3.30. The Morgan fingerprint density at radius 1 is 0.967 bits per heavy atom. The SMILES string of the molecule is O=C1CN(c2ncnc3c2cnn3-c2ccccc2)CCN1Cc1ccc(Cl)cc1. The fourth-order valence-electron chi connectivity index (χ4n) is 3.71. The maximum absolute atomic E-state index is 12.8.